The number of aromatic nitrogens is 1. The molecule has 3 rings (SSSR count). The molecular formula is C25H32FN5O4. The van der Waals surface area contributed by atoms with Crippen LogP contribution in [-0.2, 0) is 20.7 Å². The van der Waals surface area contributed by atoms with E-state index >= 15 is 0 Å². The molecule has 2 heterocycles. The van der Waals surface area contributed by atoms with Crippen molar-refractivity contribution in [1.29, 1.82) is 0 Å². The lowest BCUT2D eigenvalue weighted by atomic mass is 9.99. The van der Waals surface area contributed by atoms with Crippen LogP contribution in [0.2, 0.25) is 0 Å². The topological polar surface area (TPSA) is 118 Å². The summed E-state index contributed by atoms with van der Waals surface area (Å²) in [5.74, 6) is -1.69. The van der Waals surface area contributed by atoms with Crippen molar-refractivity contribution in [3.05, 3.63) is 53.5 Å². The molecule has 0 aliphatic carbocycles. The maximum Gasteiger partial charge on any atom is 0.410 e. The second-order valence-electron chi connectivity index (χ2n) is 9.58. The minimum atomic E-state index is -0.844. The average Bonchev–Trinajstić information content (AvgIpc) is 2.79. The third-order valence-electron chi connectivity index (χ3n) is 5.72. The Morgan fingerprint density at radius 2 is 1.83 bits per heavy atom. The van der Waals surface area contributed by atoms with Crippen LogP contribution in [0, 0.1) is 5.82 Å². The molecule has 10 heteroatoms. The highest BCUT2D eigenvalue weighted by molar-refractivity contribution is 6.39. The molecule has 1 saturated heterocycles. The molecule has 3 amide bonds. The molecule has 35 heavy (non-hydrogen) atoms. The molecule has 0 saturated carbocycles. The SMILES string of the molecule is CCc1cc(NC(=O)C(=O)N2C[C@H](C)N(C(=O)OC(C)(C)C)C[C@@H]2c2ccc(F)cc2)cnc1N. The highest BCUT2D eigenvalue weighted by atomic mass is 19.1. The van der Waals surface area contributed by atoms with Gasteiger partial charge in [-0.25, -0.2) is 14.2 Å². The number of hydrogen-bond donors (Lipinski definition) is 2. The molecular weight excluding hydrogens is 453 g/mol. The van der Waals surface area contributed by atoms with Gasteiger partial charge in [0.15, 0.2) is 0 Å². The Morgan fingerprint density at radius 3 is 2.43 bits per heavy atom. The first kappa shape index (κ1) is 25.9. The molecule has 0 bridgehead atoms. The van der Waals surface area contributed by atoms with E-state index in [1.807, 2.05) is 6.92 Å². The summed E-state index contributed by atoms with van der Waals surface area (Å²) >= 11 is 0. The number of pyridine rings is 1. The fourth-order valence-corrected chi connectivity index (χ4v) is 3.93. The van der Waals surface area contributed by atoms with E-state index in [0.29, 0.717) is 23.5 Å². The van der Waals surface area contributed by atoms with Crippen molar-refractivity contribution in [2.45, 2.75) is 58.7 Å². The number of halogens is 1. The summed E-state index contributed by atoms with van der Waals surface area (Å²) in [6, 6.07) is 6.23. The van der Waals surface area contributed by atoms with Crippen LogP contribution in [-0.4, -0.2) is 57.4 Å². The fourth-order valence-electron chi connectivity index (χ4n) is 3.93. The van der Waals surface area contributed by atoms with Gasteiger partial charge in [0, 0.05) is 19.1 Å². The summed E-state index contributed by atoms with van der Waals surface area (Å²) in [6.45, 7) is 9.18. The first-order chi connectivity index (χ1) is 16.4. The quantitative estimate of drug-likeness (QED) is 0.643. The predicted octanol–water partition coefficient (Wildman–Crippen LogP) is 3.51. The van der Waals surface area contributed by atoms with Crippen molar-refractivity contribution in [2.24, 2.45) is 0 Å². The summed E-state index contributed by atoms with van der Waals surface area (Å²) in [7, 11) is 0. The Morgan fingerprint density at radius 1 is 1.17 bits per heavy atom. The van der Waals surface area contributed by atoms with E-state index in [1.54, 1.807) is 45.9 Å². The minimum Gasteiger partial charge on any atom is -0.444 e. The van der Waals surface area contributed by atoms with Crippen LogP contribution in [0.1, 0.15) is 51.8 Å². The summed E-state index contributed by atoms with van der Waals surface area (Å²) in [5, 5.41) is 2.59. The maximum atomic E-state index is 13.6. The van der Waals surface area contributed by atoms with Crippen LogP contribution in [0.25, 0.3) is 0 Å². The number of anilines is 2. The number of ether oxygens (including phenoxy) is 1. The molecule has 1 aliphatic heterocycles. The molecule has 0 spiro atoms. The Kier molecular flexibility index (Phi) is 7.62. The normalized spacial score (nSPS) is 18.2. The third kappa shape index (κ3) is 6.26. The van der Waals surface area contributed by atoms with E-state index in [1.165, 1.54) is 28.1 Å². The summed E-state index contributed by atoms with van der Waals surface area (Å²) in [4.78, 5) is 46.0. The fraction of sp³-hybridized carbons (Fsp3) is 0.440. The number of nitrogens with two attached hydrogens (primary N) is 1. The zero-order valence-corrected chi connectivity index (χ0v) is 20.7. The molecule has 1 fully saturated rings. The van der Waals surface area contributed by atoms with Gasteiger partial charge in [0.25, 0.3) is 0 Å². The lowest BCUT2D eigenvalue weighted by Crippen LogP contribution is -2.59. The highest BCUT2D eigenvalue weighted by Gasteiger charge is 2.40. The molecule has 1 aromatic heterocycles. The number of nitrogens with one attached hydrogen (secondary N) is 1. The zero-order valence-electron chi connectivity index (χ0n) is 20.7. The summed E-state index contributed by atoms with van der Waals surface area (Å²) < 4.78 is 19.1. The van der Waals surface area contributed by atoms with Gasteiger partial charge in [-0.15, -0.1) is 0 Å². The molecule has 2 atom stereocenters. The lowest BCUT2D eigenvalue weighted by molar-refractivity contribution is -0.147. The molecule has 1 aliphatic rings. The van der Waals surface area contributed by atoms with Gasteiger partial charge in [-0.05, 0) is 63.4 Å². The van der Waals surface area contributed by atoms with Crippen molar-refractivity contribution in [3.8, 4) is 0 Å². The van der Waals surface area contributed by atoms with Crippen molar-refractivity contribution < 1.29 is 23.5 Å². The van der Waals surface area contributed by atoms with Gasteiger partial charge in [-0.3, -0.25) is 9.59 Å². The number of benzene rings is 1. The first-order valence-electron chi connectivity index (χ1n) is 11.5. The number of aryl methyl sites for hydroxylation is 1. The number of piperazine rings is 1. The van der Waals surface area contributed by atoms with Crippen molar-refractivity contribution >= 4 is 29.4 Å². The van der Waals surface area contributed by atoms with E-state index in [0.717, 1.165) is 5.56 Å². The van der Waals surface area contributed by atoms with E-state index < -0.39 is 41.4 Å². The van der Waals surface area contributed by atoms with Crippen LogP contribution in [0.3, 0.4) is 0 Å². The molecule has 9 nitrogen and oxygen atoms in total. The van der Waals surface area contributed by atoms with Crippen LogP contribution in [0.4, 0.5) is 20.7 Å². The van der Waals surface area contributed by atoms with Crippen molar-refractivity contribution in [3.63, 3.8) is 0 Å². The highest BCUT2D eigenvalue weighted by Crippen LogP contribution is 2.30. The predicted molar refractivity (Wildman–Crippen MR) is 130 cm³/mol. The first-order valence-corrected chi connectivity index (χ1v) is 11.5. The van der Waals surface area contributed by atoms with Gasteiger partial charge in [0.05, 0.1) is 17.9 Å². The van der Waals surface area contributed by atoms with E-state index in [-0.39, 0.29) is 13.1 Å². The van der Waals surface area contributed by atoms with Crippen LogP contribution in [0.5, 0.6) is 0 Å². The van der Waals surface area contributed by atoms with E-state index in [4.69, 9.17) is 10.5 Å². The standard InChI is InChI=1S/C25H32FN5O4/c1-6-16-11-19(12-28-21(16)27)29-22(32)23(33)31-13-15(2)30(24(34)35-25(3,4)5)14-20(31)17-7-9-18(26)10-8-17/h7-12,15,20H,6,13-14H2,1-5H3,(H2,27,28)(H,29,32)/t15-,20+/m0/s1. The maximum absolute atomic E-state index is 13.6. The van der Waals surface area contributed by atoms with E-state index in [9.17, 15) is 18.8 Å². The number of amides is 3. The third-order valence-corrected chi connectivity index (χ3v) is 5.72. The Labute approximate surface area is 204 Å². The molecule has 1 aromatic carbocycles. The number of carbonyl (C=O) groups is 3. The molecule has 0 radical (unpaired) electrons. The Balaban J connectivity index is 1.86. The van der Waals surface area contributed by atoms with Gasteiger partial charge in [-0.2, -0.15) is 0 Å². The van der Waals surface area contributed by atoms with Crippen LogP contribution < -0.4 is 11.1 Å². The largest absolute Gasteiger partial charge is 0.444 e. The lowest BCUT2D eigenvalue weighted by Gasteiger charge is -2.45. The Hall–Kier alpha value is -3.69. The Bertz CT molecular complexity index is 1100. The van der Waals surface area contributed by atoms with Crippen LogP contribution in [0.15, 0.2) is 36.5 Å². The summed E-state index contributed by atoms with van der Waals surface area (Å²) in [6.07, 6.45) is 1.49. The van der Waals surface area contributed by atoms with E-state index in [2.05, 4.69) is 10.3 Å². The van der Waals surface area contributed by atoms with Gasteiger partial charge < -0.3 is 25.6 Å². The number of carbonyl (C=O) groups excluding carboxylic acids is 3. The van der Waals surface area contributed by atoms with Gasteiger partial charge in [-0.1, -0.05) is 19.1 Å². The monoisotopic (exact) mass is 485 g/mol. The zero-order chi connectivity index (χ0) is 25.9. The average molecular weight is 486 g/mol. The molecule has 0 unspecified atom stereocenters. The second kappa shape index (κ2) is 10.3. The number of hydrogen-bond acceptors (Lipinski definition) is 6. The smallest absolute Gasteiger partial charge is 0.410 e. The van der Waals surface area contributed by atoms with Crippen molar-refractivity contribution in [2.75, 3.05) is 24.1 Å². The number of rotatable bonds is 3. The number of nitrogens with zero attached hydrogens (tertiary/aromatic N) is 3. The van der Waals surface area contributed by atoms with Gasteiger partial charge >= 0.3 is 17.9 Å². The second-order valence-corrected chi connectivity index (χ2v) is 9.58. The summed E-state index contributed by atoms with van der Waals surface area (Å²) in [5.41, 5.74) is 6.83. The molecule has 3 N–H and O–H groups in total. The molecule has 188 valence electrons. The van der Waals surface area contributed by atoms with Gasteiger partial charge in [0.1, 0.15) is 17.2 Å². The van der Waals surface area contributed by atoms with Crippen molar-refractivity contribution in [1.82, 2.24) is 14.8 Å². The molecule has 2 aromatic rings. The number of nitrogen functional groups attached to an aromatic ring is 1. The van der Waals surface area contributed by atoms with Gasteiger partial charge in [0.2, 0.25) is 0 Å². The van der Waals surface area contributed by atoms with Crippen LogP contribution >= 0.6 is 0 Å². The minimum absolute atomic E-state index is 0.0874.